The maximum absolute atomic E-state index is 3.53. The van der Waals surface area contributed by atoms with E-state index in [0.717, 1.165) is 19.0 Å². The monoisotopic (exact) mass is 207 g/mol. The highest BCUT2D eigenvalue weighted by Crippen LogP contribution is 2.13. The molecule has 2 heterocycles. The second-order valence-electron chi connectivity index (χ2n) is 4.62. The van der Waals surface area contributed by atoms with E-state index in [2.05, 4.69) is 34.5 Å². The quantitative estimate of drug-likeness (QED) is 0.783. The van der Waals surface area contributed by atoms with Crippen LogP contribution < -0.4 is 5.32 Å². The average molecular weight is 207 g/mol. The van der Waals surface area contributed by atoms with E-state index in [4.69, 9.17) is 0 Å². The van der Waals surface area contributed by atoms with E-state index >= 15 is 0 Å². The topological polar surface area (TPSA) is 31.1 Å². The molecule has 1 fully saturated rings. The second-order valence-corrected chi connectivity index (χ2v) is 4.62. The Bertz CT molecular complexity index is 268. The van der Waals surface area contributed by atoms with Crippen LogP contribution in [0.3, 0.4) is 0 Å². The van der Waals surface area contributed by atoms with Crippen LogP contribution in [0.2, 0.25) is 0 Å². The number of nitrogens with one attached hydrogen (secondary N) is 2. The molecule has 1 unspecified atom stereocenters. The fraction of sp³-hybridized carbons (Fsp3) is 0.667. The van der Waals surface area contributed by atoms with E-state index in [1.54, 1.807) is 0 Å². The molecule has 0 radical (unpaired) electrons. The zero-order valence-corrected chi connectivity index (χ0v) is 9.50. The van der Waals surface area contributed by atoms with Crippen molar-refractivity contribution in [2.24, 2.45) is 5.92 Å². The average Bonchev–Trinajstić information content (AvgIpc) is 2.71. The van der Waals surface area contributed by atoms with E-state index in [1.807, 2.05) is 6.20 Å². The summed E-state index contributed by atoms with van der Waals surface area (Å²) < 4.78 is 0. The van der Waals surface area contributed by atoms with E-state index in [-0.39, 0.29) is 0 Å². The lowest BCUT2D eigenvalue weighted by molar-refractivity contribution is 0.206. The van der Waals surface area contributed by atoms with Gasteiger partial charge in [-0.05, 0) is 50.5 Å². The van der Waals surface area contributed by atoms with Gasteiger partial charge in [0.05, 0.1) is 0 Å². The lowest BCUT2D eigenvalue weighted by atomic mass is 9.98. The lowest BCUT2D eigenvalue weighted by Gasteiger charge is -2.29. The minimum absolute atomic E-state index is 0.836. The van der Waals surface area contributed by atoms with Crippen molar-refractivity contribution in [2.45, 2.75) is 19.4 Å². The fourth-order valence-electron chi connectivity index (χ4n) is 2.33. The van der Waals surface area contributed by atoms with Crippen LogP contribution in [0.15, 0.2) is 18.5 Å². The summed E-state index contributed by atoms with van der Waals surface area (Å²) in [6.45, 7) is 4.66. The molecule has 1 aromatic rings. The number of piperidine rings is 1. The number of hydrogen-bond acceptors (Lipinski definition) is 2. The Morgan fingerprint density at radius 1 is 1.60 bits per heavy atom. The van der Waals surface area contributed by atoms with Crippen molar-refractivity contribution in [1.82, 2.24) is 15.2 Å². The standard InChI is InChI=1S/C12H21N3/c1-15-6-2-3-12(10-15)9-14-8-11-4-5-13-7-11/h4-5,7,12-14H,2-3,6,8-10H2,1H3. The van der Waals surface area contributed by atoms with Gasteiger partial charge < -0.3 is 15.2 Å². The van der Waals surface area contributed by atoms with Crippen LogP contribution in [0.25, 0.3) is 0 Å². The smallest absolute Gasteiger partial charge is 0.0220 e. The van der Waals surface area contributed by atoms with Crippen molar-refractivity contribution in [3.63, 3.8) is 0 Å². The first-order chi connectivity index (χ1) is 7.34. The van der Waals surface area contributed by atoms with Crippen LogP contribution in [0.4, 0.5) is 0 Å². The molecule has 2 rings (SSSR count). The molecule has 1 aliphatic rings. The third kappa shape index (κ3) is 3.36. The number of aromatic nitrogens is 1. The molecule has 1 aliphatic heterocycles. The van der Waals surface area contributed by atoms with Gasteiger partial charge in [-0.1, -0.05) is 0 Å². The third-order valence-electron chi connectivity index (χ3n) is 3.15. The number of H-pyrrole nitrogens is 1. The molecule has 0 amide bonds. The summed E-state index contributed by atoms with van der Waals surface area (Å²) in [6.07, 6.45) is 6.77. The molecule has 2 N–H and O–H groups in total. The number of rotatable bonds is 4. The van der Waals surface area contributed by atoms with E-state index in [9.17, 15) is 0 Å². The van der Waals surface area contributed by atoms with Crippen molar-refractivity contribution < 1.29 is 0 Å². The first-order valence-corrected chi connectivity index (χ1v) is 5.85. The molecular formula is C12H21N3. The Hall–Kier alpha value is -0.800. The van der Waals surface area contributed by atoms with Gasteiger partial charge in [-0.2, -0.15) is 0 Å². The van der Waals surface area contributed by atoms with Crippen LogP contribution >= 0.6 is 0 Å². The Morgan fingerprint density at radius 2 is 2.53 bits per heavy atom. The van der Waals surface area contributed by atoms with Gasteiger partial charge in [-0.3, -0.25) is 0 Å². The van der Waals surface area contributed by atoms with Gasteiger partial charge in [0.1, 0.15) is 0 Å². The normalized spacial score (nSPS) is 23.1. The molecule has 0 bridgehead atoms. The van der Waals surface area contributed by atoms with Crippen molar-refractivity contribution in [1.29, 1.82) is 0 Å². The molecule has 0 aromatic carbocycles. The predicted molar refractivity (Wildman–Crippen MR) is 62.7 cm³/mol. The molecule has 1 atom stereocenters. The largest absolute Gasteiger partial charge is 0.367 e. The van der Waals surface area contributed by atoms with E-state index in [1.165, 1.54) is 31.5 Å². The van der Waals surface area contributed by atoms with Gasteiger partial charge in [0.2, 0.25) is 0 Å². The molecule has 0 aliphatic carbocycles. The Morgan fingerprint density at radius 3 is 3.27 bits per heavy atom. The fourth-order valence-corrected chi connectivity index (χ4v) is 2.33. The highest BCUT2D eigenvalue weighted by atomic mass is 15.1. The molecule has 1 aromatic heterocycles. The molecule has 84 valence electrons. The van der Waals surface area contributed by atoms with Gasteiger partial charge in [0, 0.05) is 25.5 Å². The highest BCUT2D eigenvalue weighted by molar-refractivity contribution is 5.07. The number of aromatic amines is 1. The summed E-state index contributed by atoms with van der Waals surface area (Å²) in [4.78, 5) is 5.51. The zero-order valence-electron chi connectivity index (χ0n) is 9.50. The minimum atomic E-state index is 0.836. The van der Waals surface area contributed by atoms with E-state index in [0.29, 0.717) is 0 Å². The Labute approximate surface area is 91.9 Å². The summed E-state index contributed by atoms with van der Waals surface area (Å²) in [5.41, 5.74) is 1.35. The van der Waals surface area contributed by atoms with Gasteiger partial charge in [0.25, 0.3) is 0 Å². The van der Waals surface area contributed by atoms with Crippen LogP contribution in [-0.4, -0.2) is 36.6 Å². The molecular weight excluding hydrogens is 186 g/mol. The predicted octanol–water partition coefficient (Wildman–Crippen LogP) is 1.45. The SMILES string of the molecule is CN1CCCC(CNCc2cc[nH]c2)C1. The minimum Gasteiger partial charge on any atom is -0.367 e. The maximum atomic E-state index is 3.53. The first kappa shape index (κ1) is 10.7. The number of likely N-dealkylation sites (tertiary alicyclic amines) is 1. The summed E-state index contributed by atoms with van der Waals surface area (Å²) in [6, 6.07) is 2.12. The number of hydrogen-bond donors (Lipinski definition) is 2. The molecule has 1 saturated heterocycles. The van der Waals surface area contributed by atoms with Crippen molar-refractivity contribution in [3.05, 3.63) is 24.0 Å². The molecule has 3 nitrogen and oxygen atoms in total. The van der Waals surface area contributed by atoms with Gasteiger partial charge in [-0.15, -0.1) is 0 Å². The molecule has 0 saturated carbocycles. The Kier molecular flexibility index (Phi) is 3.80. The van der Waals surface area contributed by atoms with Crippen LogP contribution in [-0.2, 0) is 6.54 Å². The second kappa shape index (κ2) is 5.33. The zero-order chi connectivity index (χ0) is 10.5. The third-order valence-corrected chi connectivity index (χ3v) is 3.15. The van der Waals surface area contributed by atoms with Crippen LogP contribution in [0.5, 0.6) is 0 Å². The van der Waals surface area contributed by atoms with Crippen molar-refractivity contribution in [2.75, 3.05) is 26.7 Å². The van der Waals surface area contributed by atoms with Gasteiger partial charge in [-0.25, -0.2) is 0 Å². The van der Waals surface area contributed by atoms with Gasteiger partial charge in [0.15, 0.2) is 0 Å². The molecule has 0 spiro atoms. The summed E-state index contributed by atoms with van der Waals surface area (Å²) in [5.74, 6) is 0.836. The van der Waals surface area contributed by atoms with Gasteiger partial charge >= 0.3 is 0 Å². The molecule has 15 heavy (non-hydrogen) atoms. The maximum Gasteiger partial charge on any atom is 0.0220 e. The molecule has 3 heteroatoms. The Balaban J connectivity index is 1.65. The van der Waals surface area contributed by atoms with Crippen molar-refractivity contribution >= 4 is 0 Å². The summed E-state index contributed by atoms with van der Waals surface area (Å²) in [5, 5.41) is 3.53. The number of nitrogens with zero attached hydrogens (tertiary/aromatic N) is 1. The highest BCUT2D eigenvalue weighted by Gasteiger charge is 2.16. The lowest BCUT2D eigenvalue weighted by Crippen LogP contribution is -2.37. The van der Waals surface area contributed by atoms with Crippen molar-refractivity contribution in [3.8, 4) is 0 Å². The van der Waals surface area contributed by atoms with E-state index < -0.39 is 0 Å². The summed E-state index contributed by atoms with van der Waals surface area (Å²) >= 11 is 0. The van der Waals surface area contributed by atoms with Crippen LogP contribution in [0.1, 0.15) is 18.4 Å². The van der Waals surface area contributed by atoms with Crippen LogP contribution in [0, 0.1) is 5.92 Å². The first-order valence-electron chi connectivity index (χ1n) is 5.85. The summed E-state index contributed by atoms with van der Waals surface area (Å²) in [7, 11) is 2.22.